The number of para-hydroxylation sites is 1. The predicted molar refractivity (Wildman–Crippen MR) is 133 cm³/mol. The molecule has 4 aromatic rings. The van der Waals surface area contributed by atoms with Crippen molar-refractivity contribution in [2.45, 2.75) is 19.4 Å². The van der Waals surface area contributed by atoms with Gasteiger partial charge in [0.05, 0.1) is 28.8 Å². The van der Waals surface area contributed by atoms with E-state index >= 15 is 0 Å². The second-order valence-electron chi connectivity index (χ2n) is 8.28. The molecule has 0 saturated carbocycles. The first-order valence-corrected chi connectivity index (χ1v) is 11.2. The van der Waals surface area contributed by atoms with Gasteiger partial charge in [0.2, 0.25) is 0 Å². The number of allylic oxidation sites excluding steroid dienone is 1. The molecule has 0 amide bonds. The lowest BCUT2D eigenvalue weighted by atomic mass is 10.0. The molecule has 174 valence electrons. The lowest BCUT2D eigenvalue weighted by molar-refractivity contribution is -0.384. The monoisotopic (exact) mass is 466 g/mol. The Morgan fingerprint density at radius 3 is 2.63 bits per heavy atom. The van der Waals surface area contributed by atoms with Crippen LogP contribution in [0.4, 0.5) is 5.69 Å². The molecule has 0 atom stereocenters. The third-order valence-electron chi connectivity index (χ3n) is 6.09. The number of benzene rings is 3. The fourth-order valence-corrected chi connectivity index (χ4v) is 4.39. The number of aromatic nitrogens is 1. The third kappa shape index (κ3) is 4.48. The smallest absolute Gasteiger partial charge is 0.339 e. The Hall–Kier alpha value is -4.52. The van der Waals surface area contributed by atoms with Gasteiger partial charge >= 0.3 is 5.97 Å². The van der Waals surface area contributed by atoms with Crippen molar-refractivity contribution in [2.75, 3.05) is 7.11 Å². The second-order valence-corrected chi connectivity index (χ2v) is 8.28. The second kappa shape index (κ2) is 9.38. The zero-order valence-corrected chi connectivity index (χ0v) is 19.1. The van der Waals surface area contributed by atoms with Crippen LogP contribution in [0.2, 0.25) is 0 Å². The topological polar surface area (TPSA) is 91.6 Å². The lowest BCUT2D eigenvalue weighted by Crippen LogP contribution is -2.10. The fraction of sp³-hybridized carbons (Fsp3) is 0.143. The molecule has 0 unspecified atom stereocenters. The minimum atomic E-state index is -0.467. The minimum Gasteiger partial charge on any atom is -0.497 e. The van der Waals surface area contributed by atoms with Crippen molar-refractivity contribution in [1.29, 1.82) is 0 Å². The van der Waals surface area contributed by atoms with Crippen LogP contribution in [0.1, 0.15) is 39.2 Å². The number of rotatable bonds is 6. The zero-order valence-electron chi connectivity index (χ0n) is 19.1. The molecule has 5 rings (SSSR count). The molecule has 35 heavy (non-hydrogen) atoms. The third-order valence-corrected chi connectivity index (χ3v) is 6.09. The first-order chi connectivity index (χ1) is 17.0. The Labute approximate surface area is 201 Å². The highest BCUT2D eigenvalue weighted by atomic mass is 16.6. The summed E-state index contributed by atoms with van der Waals surface area (Å²) in [5, 5.41) is 11.8. The molecule has 0 aliphatic heterocycles. The summed E-state index contributed by atoms with van der Waals surface area (Å²) in [5.41, 5.74) is 5.51. The van der Waals surface area contributed by atoms with E-state index in [2.05, 4.69) is 6.08 Å². The fourth-order valence-electron chi connectivity index (χ4n) is 4.39. The lowest BCUT2D eigenvalue weighted by Gasteiger charge is -2.12. The molecule has 1 aromatic heterocycles. The molecule has 1 aliphatic rings. The molecule has 0 spiro atoms. The van der Waals surface area contributed by atoms with Gasteiger partial charge in [-0.2, -0.15) is 0 Å². The van der Waals surface area contributed by atoms with Gasteiger partial charge in [0.15, 0.2) is 0 Å². The maximum absolute atomic E-state index is 13.3. The quantitative estimate of drug-likeness (QED) is 0.197. The molecular formula is C28H22N2O5. The van der Waals surface area contributed by atoms with Crippen molar-refractivity contribution < 1.29 is 19.2 Å². The van der Waals surface area contributed by atoms with Crippen LogP contribution in [-0.4, -0.2) is 23.0 Å². The van der Waals surface area contributed by atoms with Crippen LogP contribution in [0.3, 0.4) is 0 Å². The van der Waals surface area contributed by atoms with E-state index in [1.807, 2.05) is 48.5 Å². The Balaban J connectivity index is 1.50. The predicted octanol–water partition coefficient (Wildman–Crippen LogP) is 6.00. The van der Waals surface area contributed by atoms with Gasteiger partial charge in [0, 0.05) is 17.5 Å². The van der Waals surface area contributed by atoms with Crippen molar-refractivity contribution in [3.63, 3.8) is 0 Å². The van der Waals surface area contributed by atoms with Crippen LogP contribution in [0.5, 0.6) is 5.75 Å². The van der Waals surface area contributed by atoms with Gasteiger partial charge in [0.1, 0.15) is 12.4 Å². The molecule has 1 heterocycles. The average Bonchev–Trinajstić information content (AvgIpc) is 3.28. The highest BCUT2D eigenvalue weighted by Gasteiger charge is 2.27. The van der Waals surface area contributed by atoms with Crippen LogP contribution < -0.4 is 4.74 Å². The number of nitrogens with zero attached hydrogens (tertiary/aromatic N) is 2. The molecule has 7 nitrogen and oxygen atoms in total. The number of hydrogen-bond acceptors (Lipinski definition) is 6. The summed E-state index contributed by atoms with van der Waals surface area (Å²) < 4.78 is 10.9. The summed E-state index contributed by atoms with van der Waals surface area (Å²) >= 11 is 0. The van der Waals surface area contributed by atoms with E-state index in [1.165, 1.54) is 12.1 Å². The van der Waals surface area contributed by atoms with Crippen LogP contribution >= 0.6 is 0 Å². The molecule has 7 heteroatoms. The maximum atomic E-state index is 13.3. The molecule has 0 fully saturated rings. The molecule has 3 aromatic carbocycles. The van der Waals surface area contributed by atoms with E-state index in [1.54, 1.807) is 19.2 Å². The molecule has 1 aliphatic carbocycles. The summed E-state index contributed by atoms with van der Waals surface area (Å²) in [4.78, 5) is 28.8. The van der Waals surface area contributed by atoms with Gasteiger partial charge in [0.25, 0.3) is 5.69 Å². The van der Waals surface area contributed by atoms with Crippen molar-refractivity contribution in [1.82, 2.24) is 4.98 Å². The molecular weight excluding hydrogens is 444 g/mol. The number of fused-ring (bicyclic) bond motifs is 2. The van der Waals surface area contributed by atoms with E-state index < -0.39 is 10.9 Å². The Morgan fingerprint density at radius 2 is 1.86 bits per heavy atom. The Morgan fingerprint density at radius 1 is 1.06 bits per heavy atom. The molecule has 0 saturated heterocycles. The average molecular weight is 466 g/mol. The Bertz CT molecular complexity index is 1470. The van der Waals surface area contributed by atoms with Crippen LogP contribution in [0, 0.1) is 10.1 Å². The molecule has 0 radical (unpaired) electrons. The number of nitro benzene ring substituents is 1. The first-order valence-electron chi connectivity index (χ1n) is 11.2. The van der Waals surface area contributed by atoms with E-state index in [4.69, 9.17) is 14.5 Å². The van der Waals surface area contributed by atoms with Gasteiger partial charge in [-0.25, -0.2) is 9.78 Å². The van der Waals surface area contributed by atoms with Gasteiger partial charge in [-0.3, -0.25) is 10.1 Å². The minimum absolute atomic E-state index is 0.0397. The van der Waals surface area contributed by atoms with Gasteiger partial charge in [-0.05, 0) is 59.4 Å². The number of carbonyl (C=O) groups excluding carboxylic acids is 1. The van der Waals surface area contributed by atoms with Crippen LogP contribution in [0.15, 0.2) is 72.8 Å². The number of hydrogen-bond donors (Lipinski definition) is 0. The number of ether oxygens (including phenoxy) is 2. The number of non-ortho nitro benzene ring substituents is 1. The number of carbonyl (C=O) groups is 1. The SMILES string of the molecule is COc1ccc(C=C2CCc3c2nc2ccccc2c3C(=O)OCc2cccc([N+](=O)[O-])c2)cc1. The first kappa shape index (κ1) is 22.3. The van der Waals surface area contributed by atoms with Crippen molar-refractivity contribution in [3.05, 3.63) is 111 Å². The maximum Gasteiger partial charge on any atom is 0.339 e. The van der Waals surface area contributed by atoms with Crippen LogP contribution in [0.25, 0.3) is 22.6 Å². The largest absolute Gasteiger partial charge is 0.497 e. The van der Waals surface area contributed by atoms with Gasteiger partial charge in [-0.15, -0.1) is 0 Å². The van der Waals surface area contributed by atoms with Gasteiger partial charge < -0.3 is 9.47 Å². The van der Waals surface area contributed by atoms with Crippen molar-refractivity contribution in [2.24, 2.45) is 0 Å². The number of nitro groups is 1. The zero-order chi connectivity index (χ0) is 24.4. The number of esters is 1. The highest BCUT2D eigenvalue weighted by Crippen LogP contribution is 2.38. The van der Waals surface area contributed by atoms with E-state index in [9.17, 15) is 14.9 Å². The number of methoxy groups -OCH3 is 1. The van der Waals surface area contributed by atoms with Crippen LogP contribution in [-0.2, 0) is 17.8 Å². The van der Waals surface area contributed by atoms with Crippen molar-refractivity contribution >= 4 is 34.2 Å². The Kier molecular flexibility index (Phi) is 5.97. The van der Waals surface area contributed by atoms with Gasteiger partial charge in [-0.1, -0.05) is 42.5 Å². The van der Waals surface area contributed by atoms with E-state index in [0.717, 1.165) is 45.5 Å². The summed E-state index contributed by atoms with van der Waals surface area (Å²) in [6, 6.07) is 21.4. The summed E-state index contributed by atoms with van der Waals surface area (Å²) in [7, 11) is 1.63. The summed E-state index contributed by atoms with van der Waals surface area (Å²) in [5.74, 6) is 0.328. The summed E-state index contributed by atoms with van der Waals surface area (Å²) in [6.45, 7) is -0.0551. The van der Waals surface area contributed by atoms with Crippen molar-refractivity contribution in [3.8, 4) is 5.75 Å². The number of pyridine rings is 1. The molecule has 0 bridgehead atoms. The highest BCUT2D eigenvalue weighted by molar-refractivity contribution is 6.07. The van der Waals surface area contributed by atoms with E-state index in [-0.39, 0.29) is 12.3 Å². The normalized spacial score (nSPS) is 13.6. The van der Waals surface area contributed by atoms with E-state index in [0.29, 0.717) is 17.5 Å². The summed E-state index contributed by atoms with van der Waals surface area (Å²) in [6.07, 6.45) is 3.53. The molecule has 0 N–H and O–H groups in total. The standard InChI is InChI=1S/C28H22N2O5/c1-34-22-12-9-18(10-13-22)15-20-11-14-24-26(23-7-2-3-8-25(23)29-27(20)24)28(31)35-17-19-5-4-6-21(16-19)30(32)33/h2-10,12-13,15-16H,11,14,17H2,1H3.